The number of benzene rings is 2. The maximum absolute atomic E-state index is 11.3. The van der Waals surface area contributed by atoms with Crippen LogP contribution in [0.15, 0.2) is 54.7 Å². The summed E-state index contributed by atoms with van der Waals surface area (Å²) in [6.07, 6.45) is 0.106. The molecule has 1 amide bonds. The van der Waals surface area contributed by atoms with Gasteiger partial charge in [-0.15, -0.1) is 0 Å². The van der Waals surface area contributed by atoms with E-state index in [0.717, 1.165) is 5.56 Å². The first-order valence-corrected chi connectivity index (χ1v) is 7.39. The van der Waals surface area contributed by atoms with Gasteiger partial charge in [-0.25, -0.2) is 9.78 Å². The molecule has 0 aliphatic heterocycles. The van der Waals surface area contributed by atoms with Gasteiger partial charge in [0.2, 0.25) is 0 Å². The lowest BCUT2D eigenvalue weighted by molar-refractivity contribution is -0.384. The van der Waals surface area contributed by atoms with Gasteiger partial charge < -0.3 is 10.4 Å². The lowest BCUT2D eigenvalue weighted by Gasteiger charge is -2.10. The van der Waals surface area contributed by atoms with Crippen LogP contribution in [0.3, 0.4) is 0 Å². The second-order valence-electron chi connectivity index (χ2n) is 5.27. The fourth-order valence-corrected chi connectivity index (χ4v) is 2.47. The number of para-hydroxylation sites is 1. The molecule has 0 fully saturated rings. The summed E-state index contributed by atoms with van der Waals surface area (Å²) >= 11 is 0. The quantitative estimate of drug-likeness (QED) is 0.480. The Morgan fingerprint density at radius 1 is 1.16 bits per heavy atom. The molecule has 1 heterocycles. The minimum absolute atomic E-state index is 0.0946. The number of hydrogen-bond acceptors (Lipinski definition) is 5. The third kappa shape index (κ3) is 3.63. The SMILES string of the molecule is O=C(O)Nc1ccc(CNc2c([N+](=O)[O-])cnc3ccccc23)cc1. The van der Waals surface area contributed by atoms with E-state index in [9.17, 15) is 14.9 Å². The van der Waals surface area contributed by atoms with Gasteiger partial charge in [0.1, 0.15) is 11.9 Å². The molecule has 0 saturated heterocycles. The standard InChI is InChI=1S/C17H14N4O4/c22-17(23)20-12-7-5-11(6-8-12)9-19-16-13-3-1-2-4-14(13)18-10-15(16)21(24)25/h1-8,10,20H,9H2,(H,18,19)(H,22,23). The van der Waals surface area contributed by atoms with Gasteiger partial charge in [0.15, 0.2) is 0 Å². The molecule has 3 N–H and O–H groups in total. The first-order chi connectivity index (χ1) is 12.0. The van der Waals surface area contributed by atoms with Crippen molar-refractivity contribution in [2.75, 3.05) is 10.6 Å². The molecule has 0 spiro atoms. The van der Waals surface area contributed by atoms with E-state index >= 15 is 0 Å². The topological polar surface area (TPSA) is 117 Å². The van der Waals surface area contributed by atoms with Crippen LogP contribution in [-0.2, 0) is 6.54 Å². The van der Waals surface area contributed by atoms with Crippen molar-refractivity contribution < 1.29 is 14.8 Å². The van der Waals surface area contributed by atoms with Gasteiger partial charge in [-0.1, -0.05) is 30.3 Å². The Hall–Kier alpha value is -3.68. The van der Waals surface area contributed by atoms with E-state index in [1.165, 1.54) is 6.20 Å². The average molecular weight is 338 g/mol. The molecule has 0 saturated carbocycles. The van der Waals surface area contributed by atoms with Crippen molar-refractivity contribution in [3.05, 3.63) is 70.4 Å². The van der Waals surface area contributed by atoms with Crippen molar-refractivity contribution >= 4 is 34.1 Å². The van der Waals surface area contributed by atoms with Crippen LogP contribution in [-0.4, -0.2) is 21.1 Å². The molecular formula is C17H14N4O4. The highest BCUT2D eigenvalue weighted by Crippen LogP contribution is 2.31. The number of amides is 1. The Balaban J connectivity index is 1.86. The monoisotopic (exact) mass is 338 g/mol. The van der Waals surface area contributed by atoms with Crippen LogP contribution in [0.1, 0.15) is 5.56 Å². The van der Waals surface area contributed by atoms with Gasteiger partial charge in [-0.2, -0.15) is 0 Å². The molecule has 3 aromatic rings. The number of rotatable bonds is 5. The largest absolute Gasteiger partial charge is 0.465 e. The summed E-state index contributed by atoms with van der Waals surface area (Å²) in [6.45, 7) is 0.349. The number of anilines is 2. The molecule has 8 nitrogen and oxygen atoms in total. The molecule has 3 rings (SSSR count). The summed E-state index contributed by atoms with van der Waals surface area (Å²) in [5.74, 6) is 0. The van der Waals surface area contributed by atoms with Crippen molar-refractivity contribution in [3.8, 4) is 0 Å². The van der Waals surface area contributed by atoms with E-state index in [-0.39, 0.29) is 5.69 Å². The lowest BCUT2D eigenvalue weighted by Crippen LogP contribution is -2.07. The maximum Gasteiger partial charge on any atom is 0.409 e. The van der Waals surface area contributed by atoms with Gasteiger partial charge in [-0.05, 0) is 23.8 Å². The summed E-state index contributed by atoms with van der Waals surface area (Å²) in [5.41, 5.74) is 2.28. The molecule has 0 unspecified atom stereocenters. The first-order valence-electron chi connectivity index (χ1n) is 7.39. The fourth-order valence-electron chi connectivity index (χ4n) is 2.47. The number of nitrogens with one attached hydrogen (secondary N) is 2. The highest BCUT2D eigenvalue weighted by Gasteiger charge is 2.17. The number of nitrogens with zero attached hydrogens (tertiary/aromatic N) is 2. The molecule has 0 aliphatic carbocycles. The maximum atomic E-state index is 11.3. The third-order valence-corrected chi connectivity index (χ3v) is 3.63. The van der Waals surface area contributed by atoms with Gasteiger partial charge in [0.25, 0.3) is 0 Å². The van der Waals surface area contributed by atoms with Gasteiger partial charge in [-0.3, -0.25) is 15.4 Å². The molecule has 0 atom stereocenters. The Labute approximate surface area is 142 Å². The highest BCUT2D eigenvalue weighted by atomic mass is 16.6. The number of pyridine rings is 1. The number of carboxylic acid groups (broad SMARTS) is 1. The Morgan fingerprint density at radius 3 is 2.56 bits per heavy atom. The first kappa shape index (κ1) is 16.2. The highest BCUT2D eigenvalue weighted by molar-refractivity contribution is 5.95. The fraction of sp³-hybridized carbons (Fsp3) is 0.0588. The van der Waals surface area contributed by atoms with Gasteiger partial charge >= 0.3 is 11.8 Å². The molecule has 2 aromatic carbocycles. The van der Waals surface area contributed by atoms with Crippen LogP contribution in [0.4, 0.5) is 21.9 Å². The van der Waals surface area contributed by atoms with E-state index in [0.29, 0.717) is 28.8 Å². The van der Waals surface area contributed by atoms with Crippen LogP contribution in [0.2, 0.25) is 0 Å². The zero-order valence-corrected chi connectivity index (χ0v) is 13.0. The molecule has 8 heteroatoms. The molecule has 0 radical (unpaired) electrons. The van der Waals surface area contributed by atoms with Crippen molar-refractivity contribution in [3.63, 3.8) is 0 Å². The molecule has 126 valence electrons. The number of aromatic nitrogens is 1. The summed E-state index contributed by atoms with van der Waals surface area (Å²) in [6, 6.07) is 13.9. The zero-order valence-electron chi connectivity index (χ0n) is 13.0. The predicted octanol–water partition coefficient (Wildman–Crippen LogP) is 3.85. The predicted molar refractivity (Wildman–Crippen MR) is 93.8 cm³/mol. The smallest absolute Gasteiger partial charge is 0.409 e. The Morgan fingerprint density at radius 2 is 1.88 bits per heavy atom. The van der Waals surface area contributed by atoms with E-state index < -0.39 is 11.0 Å². The zero-order chi connectivity index (χ0) is 17.8. The number of nitro groups is 1. The number of carbonyl (C=O) groups is 1. The van der Waals surface area contributed by atoms with Crippen LogP contribution in [0, 0.1) is 10.1 Å². The third-order valence-electron chi connectivity index (χ3n) is 3.63. The number of fused-ring (bicyclic) bond motifs is 1. The van der Waals surface area contributed by atoms with E-state index in [2.05, 4.69) is 15.6 Å². The van der Waals surface area contributed by atoms with Crippen LogP contribution >= 0.6 is 0 Å². The minimum Gasteiger partial charge on any atom is -0.465 e. The van der Waals surface area contributed by atoms with Gasteiger partial charge in [0, 0.05) is 17.6 Å². The molecule has 0 aliphatic rings. The van der Waals surface area contributed by atoms with Crippen LogP contribution in [0.25, 0.3) is 10.9 Å². The minimum atomic E-state index is -1.13. The normalized spacial score (nSPS) is 10.4. The Bertz CT molecular complexity index is 941. The summed E-state index contributed by atoms with van der Waals surface area (Å²) in [7, 11) is 0. The molecule has 0 bridgehead atoms. The average Bonchev–Trinajstić information content (AvgIpc) is 2.60. The lowest BCUT2D eigenvalue weighted by atomic mass is 10.1. The second-order valence-corrected chi connectivity index (χ2v) is 5.27. The van der Waals surface area contributed by atoms with Crippen LogP contribution in [0.5, 0.6) is 0 Å². The van der Waals surface area contributed by atoms with E-state index in [1.807, 2.05) is 6.07 Å². The summed E-state index contributed by atoms with van der Waals surface area (Å²) in [5, 5.41) is 26.0. The number of hydrogen-bond donors (Lipinski definition) is 3. The van der Waals surface area contributed by atoms with Crippen molar-refractivity contribution in [1.82, 2.24) is 4.98 Å². The molecule has 1 aromatic heterocycles. The Kier molecular flexibility index (Phi) is 4.42. The molecule has 25 heavy (non-hydrogen) atoms. The van der Waals surface area contributed by atoms with Crippen molar-refractivity contribution in [1.29, 1.82) is 0 Å². The van der Waals surface area contributed by atoms with E-state index in [1.54, 1.807) is 42.5 Å². The summed E-state index contributed by atoms with van der Waals surface area (Å²) in [4.78, 5) is 25.5. The van der Waals surface area contributed by atoms with Crippen molar-refractivity contribution in [2.45, 2.75) is 6.54 Å². The molecular weight excluding hydrogens is 324 g/mol. The van der Waals surface area contributed by atoms with Gasteiger partial charge in [0.05, 0.1) is 10.4 Å². The van der Waals surface area contributed by atoms with E-state index in [4.69, 9.17) is 5.11 Å². The summed E-state index contributed by atoms with van der Waals surface area (Å²) < 4.78 is 0. The van der Waals surface area contributed by atoms with Crippen molar-refractivity contribution in [2.24, 2.45) is 0 Å². The van der Waals surface area contributed by atoms with Crippen LogP contribution < -0.4 is 10.6 Å². The second kappa shape index (κ2) is 6.83.